The Kier molecular flexibility index (Phi) is 5.38. The van der Waals surface area contributed by atoms with E-state index in [2.05, 4.69) is 20.0 Å². The van der Waals surface area contributed by atoms with Crippen LogP contribution in [0.2, 0.25) is 0 Å². The van der Waals surface area contributed by atoms with E-state index in [1.54, 1.807) is 12.3 Å². The lowest BCUT2D eigenvalue weighted by Crippen LogP contribution is -2.19. The number of nitrogens with zero attached hydrogens (tertiary/aromatic N) is 2. The summed E-state index contributed by atoms with van der Waals surface area (Å²) < 4.78 is 40.7. The minimum atomic E-state index is -4.37. The molecule has 2 aromatic rings. The van der Waals surface area contributed by atoms with Crippen LogP contribution in [0.4, 0.5) is 19.0 Å². The molecule has 0 aliphatic heterocycles. The SMILES string of the molecule is Cc1ccnc(N)c1CNCc1ccc(OCC(F)(F)F)nc1. The second-order valence-electron chi connectivity index (χ2n) is 5.00. The first-order valence-electron chi connectivity index (χ1n) is 6.90. The molecule has 0 amide bonds. The van der Waals surface area contributed by atoms with Crippen molar-refractivity contribution in [3.05, 3.63) is 47.3 Å². The van der Waals surface area contributed by atoms with E-state index in [-0.39, 0.29) is 5.88 Å². The van der Waals surface area contributed by atoms with Crippen LogP contribution in [-0.4, -0.2) is 22.8 Å². The van der Waals surface area contributed by atoms with Gasteiger partial charge in [0.25, 0.3) is 0 Å². The quantitative estimate of drug-likeness (QED) is 0.854. The lowest BCUT2D eigenvalue weighted by atomic mass is 10.1. The second kappa shape index (κ2) is 7.28. The molecule has 8 heteroatoms. The summed E-state index contributed by atoms with van der Waals surface area (Å²) in [6.45, 7) is 1.64. The van der Waals surface area contributed by atoms with E-state index in [1.807, 2.05) is 13.0 Å². The van der Waals surface area contributed by atoms with Crippen LogP contribution in [0.3, 0.4) is 0 Å². The molecule has 0 aromatic carbocycles. The van der Waals surface area contributed by atoms with Gasteiger partial charge in [-0.15, -0.1) is 0 Å². The minimum Gasteiger partial charge on any atom is -0.468 e. The number of hydrogen-bond donors (Lipinski definition) is 2. The molecule has 0 radical (unpaired) electrons. The molecule has 0 saturated carbocycles. The molecule has 0 unspecified atom stereocenters. The molecule has 0 aliphatic carbocycles. The summed E-state index contributed by atoms with van der Waals surface area (Å²) in [4.78, 5) is 7.88. The molecule has 0 atom stereocenters. The van der Waals surface area contributed by atoms with Crippen molar-refractivity contribution in [1.29, 1.82) is 0 Å². The third-order valence-corrected chi connectivity index (χ3v) is 3.14. The van der Waals surface area contributed by atoms with E-state index in [4.69, 9.17) is 5.73 Å². The second-order valence-corrected chi connectivity index (χ2v) is 5.00. The zero-order valence-electron chi connectivity index (χ0n) is 12.5. The van der Waals surface area contributed by atoms with Crippen molar-refractivity contribution in [3.8, 4) is 5.88 Å². The maximum atomic E-state index is 12.0. The van der Waals surface area contributed by atoms with E-state index in [9.17, 15) is 13.2 Å². The number of rotatable bonds is 6. The molecule has 0 spiro atoms. The van der Waals surface area contributed by atoms with Gasteiger partial charge in [0, 0.05) is 37.1 Å². The van der Waals surface area contributed by atoms with Crippen molar-refractivity contribution >= 4 is 5.82 Å². The maximum Gasteiger partial charge on any atom is 0.422 e. The zero-order chi connectivity index (χ0) is 16.9. The van der Waals surface area contributed by atoms with Crippen molar-refractivity contribution < 1.29 is 17.9 Å². The van der Waals surface area contributed by atoms with Crippen molar-refractivity contribution in [3.63, 3.8) is 0 Å². The molecular formula is C15H17F3N4O. The predicted molar refractivity (Wildman–Crippen MR) is 79.7 cm³/mol. The number of nitrogens with one attached hydrogen (secondary N) is 1. The van der Waals surface area contributed by atoms with Crippen molar-refractivity contribution in [2.75, 3.05) is 12.3 Å². The monoisotopic (exact) mass is 326 g/mol. The standard InChI is InChI=1S/C15H17F3N4O/c1-10-4-5-21-14(19)12(10)8-20-6-11-2-3-13(22-7-11)23-9-15(16,17)18/h2-5,7,20H,6,8-9H2,1H3,(H2,19,21). The summed E-state index contributed by atoms with van der Waals surface area (Å²) in [6, 6.07) is 4.94. The number of nitrogens with two attached hydrogens (primary N) is 1. The van der Waals surface area contributed by atoms with Crippen molar-refractivity contribution in [2.45, 2.75) is 26.2 Å². The van der Waals surface area contributed by atoms with Gasteiger partial charge >= 0.3 is 6.18 Å². The summed E-state index contributed by atoms with van der Waals surface area (Å²) in [7, 11) is 0. The predicted octanol–water partition coefficient (Wildman–Crippen LogP) is 2.60. The Morgan fingerprint density at radius 2 is 1.96 bits per heavy atom. The average Bonchev–Trinajstić information content (AvgIpc) is 2.49. The number of ether oxygens (including phenoxy) is 1. The first-order chi connectivity index (χ1) is 10.8. The fourth-order valence-corrected chi connectivity index (χ4v) is 1.93. The molecule has 0 fully saturated rings. The highest BCUT2D eigenvalue weighted by Crippen LogP contribution is 2.17. The topological polar surface area (TPSA) is 73.1 Å². The molecule has 2 rings (SSSR count). The van der Waals surface area contributed by atoms with E-state index in [0.29, 0.717) is 18.9 Å². The number of hydrogen-bond acceptors (Lipinski definition) is 5. The third-order valence-electron chi connectivity index (χ3n) is 3.14. The Labute approximate surface area is 131 Å². The average molecular weight is 326 g/mol. The summed E-state index contributed by atoms with van der Waals surface area (Å²) in [6.07, 6.45) is -1.25. The van der Waals surface area contributed by atoms with Gasteiger partial charge in [0.1, 0.15) is 5.82 Å². The van der Waals surface area contributed by atoms with Gasteiger partial charge < -0.3 is 15.8 Å². The van der Waals surface area contributed by atoms with Crippen LogP contribution in [-0.2, 0) is 13.1 Å². The summed E-state index contributed by atoms with van der Waals surface area (Å²) in [5.41, 5.74) is 8.60. The van der Waals surface area contributed by atoms with Gasteiger partial charge in [-0.2, -0.15) is 13.2 Å². The Morgan fingerprint density at radius 3 is 2.57 bits per heavy atom. The van der Waals surface area contributed by atoms with Crippen LogP contribution < -0.4 is 15.8 Å². The van der Waals surface area contributed by atoms with Gasteiger partial charge in [-0.1, -0.05) is 6.07 Å². The summed E-state index contributed by atoms with van der Waals surface area (Å²) in [5, 5.41) is 3.19. The first-order valence-corrected chi connectivity index (χ1v) is 6.90. The van der Waals surface area contributed by atoms with Crippen LogP contribution in [0.1, 0.15) is 16.7 Å². The van der Waals surface area contributed by atoms with Gasteiger partial charge in [-0.05, 0) is 24.1 Å². The van der Waals surface area contributed by atoms with Gasteiger partial charge in [0.2, 0.25) is 5.88 Å². The van der Waals surface area contributed by atoms with Crippen LogP contribution in [0.5, 0.6) is 5.88 Å². The molecule has 2 aromatic heterocycles. The number of halogens is 3. The summed E-state index contributed by atoms with van der Waals surface area (Å²) in [5.74, 6) is 0.421. The molecule has 0 bridgehead atoms. The van der Waals surface area contributed by atoms with E-state index >= 15 is 0 Å². The normalized spacial score (nSPS) is 11.5. The number of pyridine rings is 2. The number of aromatic nitrogens is 2. The molecule has 0 aliphatic rings. The van der Waals surface area contributed by atoms with E-state index < -0.39 is 12.8 Å². The third kappa shape index (κ3) is 5.41. The number of anilines is 1. The van der Waals surface area contributed by atoms with Crippen LogP contribution in [0, 0.1) is 6.92 Å². The number of alkyl halides is 3. The lowest BCUT2D eigenvalue weighted by molar-refractivity contribution is -0.154. The molecule has 5 nitrogen and oxygen atoms in total. The zero-order valence-corrected chi connectivity index (χ0v) is 12.5. The summed E-state index contributed by atoms with van der Waals surface area (Å²) >= 11 is 0. The molecule has 0 saturated heterocycles. The minimum absolute atomic E-state index is 0.0570. The van der Waals surface area contributed by atoms with E-state index in [0.717, 1.165) is 16.7 Å². The van der Waals surface area contributed by atoms with Crippen LogP contribution >= 0.6 is 0 Å². The van der Waals surface area contributed by atoms with Gasteiger partial charge in [0.15, 0.2) is 6.61 Å². The molecule has 23 heavy (non-hydrogen) atoms. The maximum absolute atomic E-state index is 12.0. The molecular weight excluding hydrogens is 309 g/mol. The highest BCUT2D eigenvalue weighted by atomic mass is 19.4. The molecule has 2 heterocycles. The highest BCUT2D eigenvalue weighted by molar-refractivity contribution is 5.43. The Bertz CT molecular complexity index is 624. The highest BCUT2D eigenvalue weighted by Gasteiger charge is 2.28. The lowest BCUT2D eigenvalue weighted by Gasteiger charge is -2.10. The van der Waals surface area contributed by atoms with Crippen LogP contribution in [0.15, 0.2) is 30.6 Å². The Hall–Kier alpha value is -2.35. The smallest absolute Gasteiger partial charge is 0.422 e. The van der Waals surface area contributed by atoms with Crippen LogP contribution in [0.25, 0.3) is 0 Å². The largest absolute Gasteiger partial charge is 0.468 e. The van der Waals surface area contributed by atoms with Gasteiger partial charge in [-0.25, -0.2) is 9.97 Å². The molecule has 124 valence electrons. The van der Waals surface area contributed by atoms with Crippen molar-refractivity contribution in [1.82, 2.24) is 15.3 Å². The number of aryl methyl sites for hydroxylation is 1. The fourth-order valence-electron chi connectivity index (χ4n) is 1.93. The Morgan fingerprint density at radius 1 is 1.17 bits per heavy atom. The Balaban J connectivity index is 1.85. The van der Waals surface area contributed by atoms with Gasteiger partial charge in [0.05, 0.1) is 0 Å². The van der Waals surface area contributed by atoms with E-state index in [1.165, 1.54) is 12.3 Å². The number of nitrogen functional groups attached to an aromatic ring is 1. The van der Waals surface area contributed by atoms with Crippen molar-refractivity contribution in [2.24, 2.45) is 0 Å². The van der Waals surface area contributed by atoms with Gasteiger partial charge in [-0.3, -0.25) is 0 Å². The molecule has 3 N–H and O–H groups in total. The first kappa shape index (κ1) is 17.0. The fraction of sp³-hybridized carbons (Fsp3) is 0.333.